The van der Waals surface area contributed by atoms with Crippen LogP contribution in [-0.2, 0) is 6.54 Å². The van der Waals surface area contributed by atoms with Gasteiger partial charge in [0.25, 0.3) is 0 Å². The van der Waals surface area contributed by atoms with Gasteiger partial charge in [0.05, 0.1) is 6.26 Å². The third-order valence-electron chi connectivity index (χ3n) is 3.00. The molecule has 0 saturated carbocycles. The number of hydrogen-bond acceptors (Lipinski definition) is 3. The molecular weight excluding hydrogens is 226 g/mol. The largest absolute Gasteiger partial charge is 0.467 e. The first-order chi connectivity index (χ1) is 8.79. The first kappa shape index (κ1) is 12.9. The van der Waals surface area contributed by atoms with Crippen molar-refractivity contribution in [2.75, 3.05) is 13.1 Å². The Labute approximate surface area is 108 Å². The molecule has 1 unspecified atom stereocenters. The van der Waals surface area contributed by atoms with Crippen molar-refractivity contribution in [1.29, 1.82) is 0 Å². The molecule has 0 bridgehead atoms. The van der Waals surface area contributed by atoms with E-state index >= 15 is 0 Å². The molecule has 0 aliphatic heterocycles. The van der Waals surface area contributed by atoms with Crippen molar-refractivity contribution in [3.63, 3.8) is 0 Å². The van der Waals surface area contributed by atoms with Crippen molar-refractivity contribution in [3.8, 4) is 0 Å². The standard InChI is InChI=1S/C15H19NO2/c1-2-16(11-13-7-4-3-5-8-13)12-14(17)15-9-6-10-18-15/h3-10,14,17H,2,11-12H2,1H3. The fraction of sp³-hybridized carbons (Fsp3) is 0.333. The molecule has 0 radical (unpaired) electrons. The Bertz CT molecular complexity index is 439. The minimum Gasteiger partial charge on any atom is -0.467 e. The van der Waals surface area contributed by atoms with Crippen LogP contribution in [0.3, 0.4) is 0 Å². The van der Waals surface area contributed by atoms with Gasteiger partial charge in [-0.2, -0.15) is 0 Å². The monoisotopic (exact) mass is 245 g/mol. The molecule has 96 valence electrons. The Kier molecular flexibility index (Phi) is 4.56. The molecular formula is C15H19NO2. The maximum Gasteiger partial charge on any atom is 0.133 e. The average Bonchev–Trinajstić information content (AvgIpc) is 2.93. The van der Waals surface area contributed by atoms with Crippen molar-refractivity contribution < 1.29 is 9.52 Å². The second-order valence-corrected chi connectivity index (χ2v) is 4.34. The molecule has 2 rings (SSSR count). The number of aliphatic hydroxyl groups excluding tert-OH is 1. The quantitative estimate of drug-likeness (QED) is 0.850. The number of benzene rings is 1. The van der Waals surface area contributed by atoms with Crippen molar-refractivity contribution >= 4 is 0 Å². The van der Waals surface area contributed by atoms with Crippen LogP contribution in [0.4, 0.5) is 0 Å². The van der Waals surface area contributed by atoms with Gasteiger partial charge in [0.15, 0.2) is 0 Å². The summed E-state index contributed by atoms with van der Waals surface area (Å²) in [6.45, 7) is 4.42. The third-order valence-corrected chi connectivity index (χ3v) is 3.00. The van der Waals surface area contributed by atoms with Crippen LogP contribution < -0.4 is 0 Å². The molecule has 3 nitrogen and oxygen atoms in total. The second kappa shape index (κ2) is 6.38. The molecule has 0 aliphatic rings. The minimum absolute atomic E-state index is 0.566. The second-order valence-electron chi connectivity index (χ2n) is 4.34. The lowest BCUT2D eigenvalue weighted by atomic mass is 10.2. The fourth-order valence-corrected chi connectivity index (χ4v) is 1.96. The van der Waals surface area contributed by atoms with Gasteiger partial charge < -0.3 is 9.52 Å². The highest BCUT2D eigenvalue weighted by Crippen LogP contribution is 2.15. The van der Waals surface area contributed by atoms with Crippen molar-refractivity contribution in [1.82, 2.24) is 4.90 Å². The lowest BCUT2D eigenvalue weighted by Gasteiger charge is -2.22. The van der Waals surface area contributed by atoms with Crippen LogP contribution in [-0.4, -0.2) is 23.1 Å². The highest BCUT2D eigenvalue weighted by Gasteiger charge is 2.14. The summed E-state index contributed by atoms with van der Waals surface area (Å²) in [5.74, 6) is 0.626. The van der Waals surface area contributed by atoms with Gasteiger partial charge in [-0.05, 0) is 24.2 Å². The number of aliphatic hydroxyl groups is 1. The van der Waals surface area contributed by atoms with Gasteiger partial charge in [-0.25, -0.2) is 0 Å². The molecule has 1 N–H and O–H groups in total. The van der Waals surface area contributed by atoms with Crippen LogP contribution >= 0.6 is 0 Å². The van der Waals surface area contributed by atoms with E-state index in [-0.39, 0.29) is 0 Å². The first-order valence-corrected chi connectivity index (χ1v) is 6.27. The average molecular weight is 245 g/mol. The summed E-state index contributed by atoms with van der Waals surface area (Å²) >= 11 is 0. The van der Waals surface area contributed by atoms with E-state index in [0.717, 1.165) is 13.1 Å². The molecule has 0 spiro atoms. The number of nitrogens with zero attached hydrogens (tertiary/aromatic N) is 1. The Morgan fingerprint density at radius 2 is 1.94 bits per heavy atom. The molecule has 1 heterocycles. The lowest BCUT2D eigenvalue weighted by molar-refractivity contribution is 0.0936. The summed E-state index contributed by atoms with van der Waals surface area (Å²) in [6, 6.07) is 13.9. The fourth-order valence-electron chi connectivity index (χ4n) is 1.96. The molecule has 0 amide bonds. The zero-order valence-corrected chi connectivity index (χ0v) is 10.6. The maximum atomic E-state index is 10.1. The summed E-state index contributed by atoms with van der Waals surface area (Å²) in [4.78, 5) is 2.20. The van der Waals surface area contributed by atoms with Crippen LogP contribution in [0.15, 0.2) is 53.1 Å². The number of hydrogen-bond donors (Lipinski definition) is 1. The summed E-state index contributed by atoms with van der Waals surface area (Å²) in [7, 11) is 0. The van der Waals surface area contributed by atoms with Gasteiger partial charge in [-0.15, -0.1) is 0 Å². The number of rotatable bonds is 6. The highest BCUT2D eigenvalue weighted by atomic mass is 16.4. The van der Waals surface area contributed by atoms with E-state index in [9.17, 15) is 5.11 Å². The smallest absolute Gasteiger partial charge is 0.133 e. The Hall–Kier alpha value is -1.58. The van der Waals surface area contributed by atoms with Crippen molar-refractivity contribution in [3.05, 3.63) is 60.1 Å². The molecule has 0 fully saturated rings. The summed E-state index contributed by atoms with van der Waals surface area (Å²) < 4.78 is 5.21. The topological polar surface area (TPSA) is 36.6 Å². The van der Waals surface area contributed by atoms with E-state index in [1.165, 1.54) is 5.56 Å². The van der Waals surface area contributed by atoms with E-state index in [1.807, 2.05) is 18.2 Å². The zero-order chi connectivity index (χ0) is 12.8. The molecule has 3 heteroatoms. The van der Waals surface area contributed by atoms with Crippen LogP contribution in [0.25, 0.3) is 0 Å². The zero-order valence-electron chi connectivity index (χ0n) is 10.6. The van der Waals surface area contributed by atoms with E-state index in [2.05, 4.69) is 24.0 Å². The molecule has 2 aromatic rings. The summed E-state index contributed by atoms with van der Waals surface area (Å²) in [5.41, 5.74) is 1.26. The predicted octanol–water partition coefficient (Wildman–Crippen LogP) is 2.84. The highest BCUT2D eigenvalue weighted by molar-refractivity contribution is 5.14. The van der Waals surface area contributed by atoms with Crippen molar-refractivity contribution in [2.45, 2.75) is 19.6 Å². The van der Waals surface area contributed by atoms with Gasteiger partial charge in [0, 0.05) is 13.1 Å². The molecule has 1 aromatic heterocycles. The SMILES string of the molecule is CCN(Cc1ccccc1)CC(O)c1ccco1. The minimum atomic E-state index is -0.566. The molecule has 0 aliphatic carbocycles. The van der Waals surface area contributed by atoms with Crippen LogP contribution in [0.5, 0.6) is 0 Å². The van der Waals surface area contributed by atoms with Crippen LogP contribution in [0.1, 0.15) is 24.4 Å². The van der Waals surface area contributed by atoms with E-state index in [1.54, 1.807) is 18.4 Å². The number of furan rings is 1. The maximum absolute atomic E-state index is 10.1. The van der Waals surface area contributed by atoms with Gasteiger partial charge in [0.2, 0.25) is 0 Å². The van der Waals surface area contributed by atoms with Crippen LogP contribution in [0, 0.1) is 0 Å². The molecule has 1 aromatic carbocycles. The normalized spacial score (nSPS) is 12.8. The van der Waals surface area contributed by atoms with E-state index in [4.69, 9.17) is 4.42 Å². The Morgan fingerprint density at radius 3 is 2.56 bits per heavy atom. The van der Waals surface area contributed by atoms with E-state index in [0.29, 0.717) is 12.3 Å². The lowest BCUT2D eigenvalue weighted by Crippen LogP contribution is -2.28. The van der Waals surface area contributed by atoms with Crippen LogP contribution in [0.2, 0.25) is 0 Å². The number of likely N-dealkylation sites (N-methyl/N-ethyl adjacent to an activating group) is 1. The Morgan fingerprint density at radius 1 is 1.17 bits per heavy atom. The van der Waals surface area contributed by atoms with Gasteiger partial charge in [0.1, 0.15) is 11.9 Å². The molecule has 18 heavy (non-hydrogen) atoms. The Balaban J connectivity index is 1.93. The first-order valence-electron chi connectivity index (χ1n) is 6.27. The van der Waals surface area contributed by atoms with Crippen molar-refractivity contribution in [2.24, 2.45) is 0 Å². The van der Waals surface area contributed by atoms with Gasteiger partial charge >= 0.3 is 0 Å². The molecule has 0 saturated heterocycles. The molecule has 1 atom stereocenters. The van der Waals surface area contributed by atoms with Gasteiger partial charge in [-0.3, -0.25) is 4.90 Å². The third kappa shape index (κ3) is 3.45. The van der Waals surface area contributed by atoms with Gasteiger partial charge in [-0.1, -0.05) is 37.3 Å². The summed E-state index contributed by atoms with van der Waals surface area (Å²) in [5, 5.41) is 10.1. The van der Waals surface area contributed by atoms with E-state index < -0.39 is 6.10 Å². The summed E-state index contributed by atoms with van der Waals surface area (Å²) in [6.07, 6.45) is 1.02. The predicted molar refractivity (Wildman–Crippen MR) is 71.1 cm³/mol.